The maximum atomic E-state index is 5.50. The van der Waals surface area contributed by atoms with E-state index in [1.165, 1.54) is 38.5 Å². The van der Waals surface area contributed by atoms with Gasteiger partial charge in [0.2, 0.25) is 0 Å². The zero-order valence-corrected chi connectivity index (χ0v) is 13.5. The lowest BCUT2D eigenvalue weighted by atomic mass is 9.48. The largest absolute Gasteiger partial charge is 0.469 e. The minimum Gasteiger partial charge on any atom is -0.469 e. The molecule has 4 aliphatic rings. The average molecular weight is 287 g/mol. The van der Waals surface area contributed by atoms with Gasteiger partial charge in [0.25, 0.3) is 0 Å². The van der Waals surface area contributed by atoms with Gasteiger partial charge in [-0.1, -0.05) is 0 Å². The summed E-state index contributed by atoms with van der Waals surface area (Å²) in [5.41, 5.74) is 0.603. The molecular weight excluding hydrogens is 258 g/mol. The first kappa shape index (κ1) is 13.9. The Hall–Kier alpha value is -0.760. The van der Waals surface area contributed by atoms with Gasteiger partial charge in [-0.25, -0.2) is 0 Å². The second kappa shape index (κ2) is 5.15. The highest BCUT2D eigenvalue weighted by Gasteiger charge is 2.53. The molecule has 0 saturated heterocycles. The smallest absolute Gasteiger partial charge is 0.105 e. The maximum absolute atomic E-state index is 5.50. The molecule has 2 unspecified atom stereocenters. The van der Waals surface area contributed by atoms with Crippen LogP contribution in [0.15, 0.2) is 22.8 Å². The summed E-state index contributed by atoms with van der Waals surface area (Å²) < 4.78 is 5.50. The van der Waals surface area contributed by atoms with Gasteiger partial charge in [-0.3, -0.25) is 0 Å². The summed E-state index contributed by atoms with van der Waals surface area (Å²) >= 11 is 0. The van der Waals surface area contributed by atoms with Crippen LogP contribution in [-0.4, -0.2) is 12.1 Å². The van der Waals surface area contributed by atoms with Gasteiger partial charge in [0.1, 0.15) is 5.76 Å². The van der Waals surface area contributed by atoms with Crippen LogP contribution in [-0.2, 0) is 6.42 Å². The highest BCUT2D eigenvalue weighted by Crippen LogP contribution is 2.61. The third-order valence-corrected chi connectivity index (χ3v) is 6.63. The van der Waals surface area contributed by atoms with Crippen LogP contribution in [0.5, 0.6) is 0 Å². The van der Waals surface area contributed by atoms with Crippen molar-refractivity contribution in [3.8, 4) is 0 Å². The maximum Gasteiger partial charge on any atom is 0.105 e. The van der Waals surface area contributed by atoms with Crippen molar-refractivity contribution in [3.63, 3.8) is 0 Å². The minimum absolute atomic E-state index is 0.499. The molecule has 1 aromatic rings. The van der Waals surface area contributed by atoms with E-state index < -0.39 is 0 Å². The number of nitrogens with one attached hydrogen (secondary N) is 1. The van der Waals surface area contributed by atoms with Gasteiger partial charge >= 0.3 is 0 Å². The normalized spacial score (nSPS) is 40.4. The van der Waals surface area contributed by atoms with E-state index in [9.17, 15) is 0 Å². The summed E-state index contributed by atoms with van der Waals surface area (Å²) in [5.74, 6) is 4.23. The molecule has 4 saturated carbocycles. The van der Waals surface area contributed by atoms with Gasteiger partial charge in [0, 0.05) is 18.5 Å². The summed E-state index contributed by atoms with van der Waals surface area (Å²) in [5, 5.41) is 3.92. The summed E-state index contributed by atoms with van der Waals surface area (Å²) in [7, 11) is 0. The first-order valence-corrected chi connectivity index (χ1v) is 8.91. The predicted octanol–water partition coefficient (Wildman–Crippen LogP) is 4.41. The SMILES string of the molecule is CC(Cc1ccco1)NC(C)C12CC3CC(CC(C3)C1)C2. The molecule has 2 nitrogen and oxygen atoms in total. The fraction of sp³-hybridized carbons (Fsp3) is 0.789. The molecule has 2 heteroatoms. The molecule has 0 aliphatic heterocycles. The van der Waals surface area contributed by atoms with E-state index in [0.717, 1.165) is 29.9 Å². The van der Waals surface area contributed by atoms with Crippen molar-refractivity contribution < 1.29 is 4.42 Å². The molecule has 4 aliphatic carbocycles. The van der Waals surface area contributed by atoms with E-state index in [0.29, 0.717) is 17.5 Å². The molecule has 5 rings (SSSR count). The van der Waals surface area contributed by atoms with Gasteiger partial charge < -0.3 is 9.73 Å². The first-order valence-electron chi connectivity index (χ1n) is 8.91. The zero-order valence-electron chi connectivity index (χ0n) is 13.5. The van der Waals surface area contributed by atoms with E-state index in [1.54, 1.807) is 6.26 Å². The molecule has 1 heterocycles. The van der Waals surface area contributed by atoms with Gasteiger partial charge in [-0.05, 0) is 87.7 Å². The molecule has 116 valence electrons. The van der Waals surface area contributed by atoms with Gasteiger partial charge in [0.15, 0.2) is 0 Å². The van der Waals surface area contributed by atoms with E-state index in [-0.39, 0.29) is 0 Å². The average Bonchev–Trinajstić information content (AvgIpc) is 2.89. The lowest BCUT2D eigenvalue weighted by Gasteiger charge is -2.59. The Kier molecular flexibility index (Phi) is 3.40. The van der Waals surface area contributed by atoms with Crippen molar-refractivity contribution in [2.75, 3.05) is 0 Å². The van der Waals surface area contributed by atoms with Crippen molar-refractivity contribution in [2.45, 2.75) is 70.9 Å². The molecule has 4 bridgehead atoms. The van der Waals surface area contributed by atoms with Crippen LogP contribution < -0.4 is 5.32 Å². The van der Waals surface area contributed by atoms with Crippen molar-refractivity contribution in [2.24, 2.45) is 23.2 Å². The summed E-state index contributed by atoms with van der Waals surface area (Å²) in [6.45, 7) is 4.76. The van der Waals surface area contributed by atoms with Crippen LogP contribution in [0.1, 0.15) is 58.1 Å². The van der Waals surface area contributed by atoms with E-state index >= 15 is 0 Å². The Balaban J connectivity index is 1.41. The van der Waals surface area contributed by atoms with Crippen LogP contribution in [0.2, 0.25) is 0 Å². The van der Waals surface area contributed by atoms with E-state index in [4.69, 9.17) is 4.42 Å². The Morgan fingerprint density at radius 3 is 2.29 bits per heavy atom. The van der Waals surface area contributed by atoms with Crippen molar-refractivity contribution in [1.29, 1.82) is 0 Å². The van der Waals surface area contributed by atoms with Crippen LogP contribution in [0, 0.1) is 23.2 Å². The van der Waals surface area contributed by atoms with Crippen molar-refractivity contribution >= 4 is 0 Å². The second-order valence-corrected chi connectivity index (χ2v) is 8.35. The molecule has 0 radical (unpaired) electrons. The van der Waals surface area contributed by atoms with Gasteiger partial charge in [-0.15, -0.1) is 0 Å². The minimum atomic E-state index is 0.499. The Bertz CT molecular complexity index is 442. The summed E-state index contributed by atoms with van der Waals surface area (Å²) in [4.78, 5) is 0. The molecule has 1 N–H and O–H groups in total. The third-order valence-electron chi connectivity index (χ3n) is 6.63. The second-order valence-electron chi connectivity index (χ2n) is 8.35. The fourth-order valence-corrected chi connectivity index (χ4v) is 6.10. The fourth-order valence-electron chi connectivity index (χ4n) is 6.10. The highest BCUT2D eigenvalue weighted by atomic mass is 16.3. The molecule has 4 fully saturated rings. The summed E-state index contributed by atoms with van der Waals surface area (Å²) in [6.07, 6.45) is 11.9. The lowest BCUT2D eigenvalue weighted by Crippen LogP contribution is -2.56. The Labute approximate surface area is 128 Å². The molecule has 0 amide bonds. The van der Waals surface area contributed by atoms with Crippen LogP contribution >= 0.6 is 0 Å². The van der Waals surface area contributed by atoms with Crippen molar-refractivity contribution in [1.82, 2.24) is 5.32 Å². The number of hydrogen-bond donors (Lipinski definition) is 1. The van der Waals surface area contributed by atoms with Crippen LogP contribution in [0.4, 0.5) is 0 Å². The molecule has 2 atom stereocenters. The van der Waals surface area contributed by atoms with Crippen LogP contribution in [0.3, 0.4) is 0 Å². The summed E-state index contributed by atoms with van der Waals surface area (Å²) in [6, 6.07) is 5.23. The molecule has 0 aromatic carbocycles. The molecule has 21 heavy (non-hydrogen) atoms. The Morgan fingerprint density at radius 2 is 1.76 bits per heavy atom. The number of hydrogen-bond acceptors (Lipinski definition) is 2. The Morgan fingerprint density at radius 1 is 1.14 bits per heavy atom. The molecule has 1 aromatic heterocycles. The standard InChI is InChI=1S/C19H29NO/c1-13(6-18-4-3-5-21-18)20-14(2)19-10-15-7-16(11-19)9-17(8-15)12-19/h3-5,13-17,20H,6-12H2,1-2H3. The highest BCUT2D eigenvalue weighted by molar-refractivity contribution is 5.06. The van der Waals surface area contributed by atoms with Gasteiger partial charge in [0.05, 0.1) is 6.26 Å². The topological polar surface area (TPSA) is 25.2 Å². The number of rotatable bonds is 5. The third kappa shape index (κ3) is 2.56. The van der Waals surface area contributed by atoms with Crippen LogP contribution in [0.25, 0.3) is 0 Å². The number of furan rings is 1. The lowest BCUT2D eigenvalue weighted by molar-refractivity contribution is -0.0719. The van der Waals surface area contributed by atoms with E-state index in [1.807, 2.05) is 6.07 Å². The quantitative estimate of drug-likeness (QED) is 0.868. The van der Waals surface area contributed by atoms with E-state index in [2.05, 4.69) is 25.2 Å². The zero-order chi connectivity index (χ0) is 14.4. The van der Waals surface area contributed by atoms with Crippen molar-refractivity contribution in [3.05, 3.63) is 24.2 Å². The molecule has 0 spiro atoms. The first-order chi connectivity index (χ1) is 10.1. The predicted molar refractivity (Wildman–Crippen MR) is 85.1 cm³/mol. The van der Waals surface area contributed by atoms with Gasteiger partial charge in [-0.2, -0.15) is 0 Å². The molecular formula is C19H29NO. The monoisotopic (exact) mass is 287 g/mol.